The molecule has 1 heterocycles. The van der Waals surface area contributed by atoms with Crippen LogP contribution in [-0.4, -0.2) is 44.1 Å². The van der Waals surface area contributed by atoms with E-state index >= 15 is 0 Å². The van der Waals surface area contributed by atoms with Crippen LogP contribution in [0.3, 0.4) is 0 Å². The number of aliphatic hydroxyl groups excluding tert-OH is 1. The molecule has 7 nitrogen and oxygen atoms in total. The van der Waals surface area contributed by atoms with Crippen LogP contribution in [0.2, 0.25) is 0 Å². The van der Waals surface area contributed by atoms with Crippen LogP contribution in [0.1, 0.15) is 57.4 Å². The monoisotopic (exact) mass is 542 g/mol. The van der Waals surface area contributed by atoms with E-state index < -0.39 is 17.7 Å². The number of benzene rings is 3. The van der Waals surface area contributed by atoms with E-state index in [4.69, 9.17) is 9.47 Å². The quantitative estimate of drug-likeness (QED) is 0.200. The largest absolute Gasteiger partial charge is 0.507 e. The Bertz CT molecular complexity index is 1430. The number of aliphatic hydroxyl groups is 1. The van der Waals surface area contributed by atoms with Crippen LogP contribution in [0, 0.1) is 0 Å². The van der Waals surface area contributed by atoms with Crippen molar-refractivity contribution in [1.29, 1.82) is 0 Å². The number of anilines is 2. The van der Waals surface area contributed by atoms with Gasteiger partial charge in [0, 0.05) is 42.7 Å². The number of rotatable bonds is 8. The first-order valence-electron chi connectivity index (χ1n) is 13.6. The van der Waals surface area contributed by atoms with Gasteiger partial charge >= 0.3 is 0 Å². The van der Waals surface area contributed by atoms with Gasteiger partial charge in [-0.3, -0.25) is 14.5 Å². The zero-order valence-electron chi connectivity index (χ0n) is 24.3. The molecule has 210 valence electrons. The molecule has 1 saturated heterocycles. The Hall–Kier alpha value is -4.26. The second-order valence-corrected chi connectivity index (χ2v) is 11.0. The van der Waals surface area contributed by atoms with Gasteiger partial charge in [0.05, 0.1) is 24.8 Å². The van der Waals surface area contributed by atoms with Gasteiger partial charge < -0.3 is 19.5 Å². The molecule has 0 saturated carbocycles. The maximum atomic E-state index is 13.7. The predicted octanol–water partition coefficient (Wildman–Crippen LogP) is 6.47. The average molecular weight is 543 g/mol. The summed E-state index contributed by atoms with van der Waals surface area (Å²) < 4.78 is 11.5. The fourth-order valence-electron chi connectivity index (χ4n) is 4.96. The maximum Gasteiger partial charge on any atom is 0.300 e. The van der Waals surface area contributed by atoms with Gasteiger partial charge in [-0.2, -0.15) is 0 Å². The molecule has 0 aliphatic carbocycles. The van der Waals surface area contributed by atoms with Crippen LogP contribution in [0.4, 0.5) is 11.4 Å². The smallest absolute Gasteiger partial charge is 0.300 e. The molecule has 3 aromatic carbocycles. The molecule has 7 heteroatoms. The van der Waals surface area contributed by atoms with Gasteiger partial charge in [0.15, 0.2) is 0 Å². The van der Waals surface area contributed by atoms with Crippen LogP contribution in [0.15, 0.2) is 72.3 Å². The summed E-state index contributed by atoms with van der Waals surface area (Å²) in [6.45, 7) is 11.0. The molecule has 1 aliphatic heterocycles. The Balaban J connectivity index is 1.94. The molecule has 0 radical (unpaired) electrons. The van der Waals surface area contributed by atoms with E-state index in [0.29, 0.717) is 35.8 Å². The molecule has 1 amide bonds. The number of Topliss-reactive ketones (excluding diaryl/α,β-unsaturated/α-hetero) is 1. The summed E-state index contributed by atoms with van der Waals surface area (Å²) in [5.74, 6) is -0.372. The van der Waals surface area contributed by atoms with E-state index in [0.717, 1.165) is 17.0 Å². The maximum absolute atomic E-state index is 13.7. The Labute approximate surface area is 236 Å². The van der Waals surface area contributed by atoms with Crippen LogP contribution < -0.4 is 19.3 Å². The van der Waals surface area contributed by atoms with E-state index in [1.807, 2.05) is 69.2 Å². The van der Waals surface area contributed by atoms with E-state index in [-0.39, 0.29) is 16.7 Å². The molecule has 1 unspecified atom stereocenters. The van der Waals surface area contributed by atoms with Gasteiger partial charge in [-0.05, 0) is 67.3 Å². The lowest BCUT2D eigenvalue weighted by molar-refractivity contribution is -0.132. The lowest BCUT2D eigenvalue weighted by atomic mass is 9.84. The highest BCUT2D eigenvalue weighted by Crippen LogP contribution is 2.44. The Morgan fingerprint density at radius 1 is 0.925 bits per heavy atom. The first-order chi connectivity index (χ1) is 19.0. The number of ether oxygens (including phenoxy) is 2. The summed E-state index contributed by atoms with van der Waals surface area (Å²) in [5.41, 5.74) is 3.28. The minimum absolute atomic E-state index is 0.0356. The summed E-state index contributed by atoms with van der Waals surface area (Å²) in [5, 5.41) is 11.7. The molecule has 0 bridgehead atoms. The number of hydrogen-bond donors (Lipinski definition) is 1. The van der Waals surface area contributed by atoms with Crippen molar-refractivity contribution in [2.24, 2.45) is 0 Å². The zero-order valence-corrected chi connectivity index (χ0v) is 24.3. The molecular formula is C33H38N2O5. The second kappa shape index (κ2) is 11.5. The molecule has 1 aliphatic rings. The summed E-state index contributed by atoms with van der Waals surface area (Å²) in [6, 6.07) is 19.3. The van der Waals surface area contributed by atoms with E-state index in [2.05, 4.69) is 20.8 Å². The van der Waals surface area contributed by atoms with Crippen LogP contribution in [-0.2, 0) is 15.0 Å². The van der Waals surface area contributed by atoms with Gasteiger partial charge in [0.1, 0.15) is 17.3 Å². The van der Waals surface area contributed by atoms with Crippen molar-refractivity contribution in [2.45, 2.75) is 46.1 Å². The second-order valence-electron chi connectivity index (χ2n) is 11.0. The molecule has 0 aromatic heterocycles. The molecular weight excluding hydrogens is 504 g/mol. The van der Waals surface area contributed by atoms with Crippen molar-refractivity contribution < 1.29 is 24.2 Å². The zero-order chi connectivity index (χ0) is 29.2. The molecule has 3 aromatic rings. The normalized spacial score (nSPS) is 16.8. The van der Waals surface area contributed by atoms with Crippen LogP contribution >= 0.6 is 0 Å². The van der Waals surface area contributed by atoms with Crippen molar-refractivity contribution in [1.82, 2.24) is 0 Å². The molecule has 1 atom stereocenters. The number of nitrogens with zero attached hydrogens (tertiary/aromatic N) is 2. The highest BCUT2D eigenvalue weighted by Gasteiger charge is 2.47. The van der Waals surface area contributed by atoms with Crippen molar-refractivity contribution in [3.63, 3.8) is 0 Å². The van der Waals surface area contributed by atoms with Gasteiger partial charge in [0.2, 0.25) is 0 Å². The summed E-state index contributed by atoms with van der Waals surface area (Å²) in [6.07, 6.45) is 0. The fraction of sp³-hybridized carbons (Fsp3) is 0.333. The van der Waals surface area contributed by atoms with Gasteiger partial charge in [-0.15, -0.1) is 0 Å². The van der Waals surface area contributed by atoms with E-state index in [9.17, 15) is 14.7 Å². The standard InChI is InChI=1S/C33H38N2O5/c1-8-39-25-12-10-11-24(20-25)35-29(21-13-16-23(17-14-21)34(6)7)28(31(37)32(35)38)30(36)22-15-18-27(40-9-2)26(19-22)33(3,4)5/h10-20,29,36H,8-9H2,1-7H3/b30-28-. The third kappa shape index (κ3) is 5.55. The Morgan fingerprint density at radius 2 is 1.60 bits per heavy atom. The van der Waals surface area contributed by atoms with Gasteiger partial charge in [-0.1, -0.05) is 39.0 Å². The average Bonchev–Trinajstić information content (AvgIpc) is 3.18. The van der Waals surface area contributed by atoms with Crippen LogP contribution in [0.25, 0.3) is 5.76 Å². The molecule has 40 heavy (non-hydrogen) atoms. The highest BCUT2D eigenvalue weighted by atomic mass is 16.5. The van der Waals surface area contributed by atoms with E-state index in [1.165, 1.54) is 4.90 Å². The van der Waals surface area contributed by atoms with Crippen molar-refractivity contribution in [3.8, 4) is 11.5 Å². The Morgan fingerprint density at radius 3 is 2.20 bits per heavy atom. The predicted molar refractivity (Wildman–Crippen MR) is 159 cm³/mol. The van der Waals surface area contributed by atoms with Crippen molar-refractivity contribution in [3.05, 3.63) is 89.0 Å². The number of ketones is 1. The van der Waals surface area contributed by atoms with Crippen LogP contribution in [0.5, 0.6) is 11.5 Å². The van der Waals surface area contributed by atoms with Crippen molar-refractivity contribution >= 4 is 28.8 Å². The minimum atomic E-state index is -0.835. The number of carbonyl (C=O) groups excluding carboxylic acids is 2. The van der Waals surface area contributed by atoms with Crippen molar-refractivity contribution in [2.75, 3.05) is 37.1 Å². The lowest BCUT2D eigenvalue weighted by Gasteiger charge is -2.27. The molecule has 4 rings (SSSR count). The topological polar surface area (TPSA) is 79.3 Å². The fourth-order valence-corrected chi connectivity index (χ4v) is 4.96. The third-order valence-corrected chi connectivity index (χ3v) is 6.94. The Kier molecular flexibility index (Phi) is 8.24. The summed E-state index contributed by atoms with van der Waals surface area (Å²) in [7, 11) is 3.89. The number of hydrogen-bond acceptors (Lipinski definition) is 6. The van der Waals surface area contributed by atoms with Gasteiger partial charge in [-0.25, -0.2) is 0 Å². The minimum Gasteiger partial charge on any atom is -0.507 e. The van der Waals surface area contributed by atoms with Gasteiger partial charge in [0.25, 0.3) is 11.7 Å². The summed E-state index contributed by atoms with van der Waals surface area (Å²) in [4.78, 5) is 30.7. The first-order valence-corrected chi connectivity index (χ1v) is 13.6. The molecule has 0 spiro atoms. The highest BCUT2D eigenvalue weighted by molar-refractivity contribution is 6.51. The third-order valence-electron chi connectivity index (χ3n) is 6.94. The SMILES string of the molecule is CCOc1cccc(N2C(=O)C(=O)/C(=C(\O)c3ccc(OCC)c(C(C)(C)C)c3)C2c2ccc(N(C)C)cc2)c1. The lowest BCUT2D eigenvalue weighted by Crippen LogP contribution is -2.29. The number of carbonyl (C=O) groups is 2. The van der Waals surface area contributed by atoms with E-state index in [1.54, 1.807) is 30.3 Å². The molecule has 1 N–H and O–H groups in total. The summed E-state index contributed by atoms with van der Waals surface area (Å²) >= 11 is 0. The first kappa shape index (κ1) is 28.7. The number of amides is 1. The molecule has 1 fully saturated rings.